The number of hydrogen-bond acceptors (Lipinski definition) is 3. The van der Waals surface area contributed by atoms with E-state index < -0.39 is 4.92 Å². The third-order valence-corrected chi connectivity index (χ3v) is 3.32. The minimum atomic E-state index is -0.503. The molecule has 1 unspecified atom stereocenters. The maximum Gasteiger partial charge on any atom is 0.270 e. The third kappa shape index (κ3) is 3.96. The van der Waals surface area contributed by atoms with Crippen molar-refractivity contribution in [3.63, 3.8) is 0 Å². The summed E-state index contributed by atoms with van der Waals surface area (Å²) < 4.78 is 0. The van der Waals surface area contributed by atoms with E-state index in [0.29, 0.717) is 23.7 Å². The molecule has 4 nitrogen and oxygen atoms in total. The second-order valence-electron chi connectivity index (χ2n) is 4.02. The van der Waals surface area contributed by atoms with Crippen LogP contribution in [0, 0.1) is 16.0 Å². The molecule has 1 aromatic rings. The molecule has 0 aliphatic rings. The van der Waals surface area contributed by atoms with Gasteiger partial charge in [0.2, 0.25) is 0 Å². The van der Waals surface area contributed by atoms with Crippen LogP contribution in [0.3, 0.4) is 0 Å². The Morgan fingerprint density at radius 3 is 2.61 bits per heavy atom. The van der Waals surface area contributed by atoms with Crippen molar-refractivity contribution < 1.29 is 9.72 Å². The van der Waals surface area contributed by atoms with E-state index >= 15 is 0 Å². The molecular weight excluding hydrogens is 277 g/mol. The van der Waals surface area contributed by atoms with E-state index in [0.717, 1.165) is 5.56 Å². The number of Topliss-reactive ketones (excluding diaryl/α,β-unsaturated/α-hetero) is 1. The Morgan fingerprint density at radius 1 is 1.50 bits per heavy atom. The number of rotatable bonds is 6. The second kappa shape index (κ2) is 6.71. The summed E-state index contributed by atoms with van der Waals surface area (Å²) in [6.45, 7) is 1.51. The monoisotopic (exact) mass is 289 g/mol. The maximum absolute atomic E-state index is 11.4. The average Bonchev–Trinajstić information content (AvgIpc) is 2.30. The number of nitrogens with zero attached hydrogens (tertiary/aromatic N) is 1. The zero-order valence-corrected chi connectivity index (χ0v) is 11.4. The Bertz CT molecular complexity index is 463. The number of nitro benzene ring substituents is 1. The normalized spacial score (nSPS) is 12.2. The van der Waals surface area contributed by atoms with Gasteiger partial charge < -0.3 is 0 Å². The third-order valence-electron chi connectivity index (χ3n) is 2.75. The van der Waals surface area contributed by atoms with E-state index in [1.807, 2.05) is 0 Å². The highest BCUT2D eigenvalue weighted by Gasteiger charge is 2.17. The van der Waals surface area contributed by atoms with Crippen LogP contribution in [0.25, 0.3) is 0 Å². The van der Waals surface area contributed by atoms with E-state index in [1.165, 1.54) is 19.1 Å². The Kier molecular flexibility index (Phi) is 5.56. The SMILES string of the molecule is CC(=O)C(CCCl)Cc1ccc([N+](=O)[O-])cc1Cl. The molecule has 0 saturated carbocycles. The highest BCUT2D eigenvalue weighted by atomic mass is 35.5. The van der Waals surface area contributed by atoms with Crippen molar-refractivity contribution >= 4 is 34.7 Å². The first kappa shape index (κ1) is 14.9. The number of carbonyl (C=O) groups excluding carboxylic acids is 1. The number of halogens is 2. The molecule has 0 aliphatic carbocycles. The predicted molar refractivity (Wildman–Crippen MR) is 71.3 cm³/mol. The fraction of sp³-hybridized carbons (Fsp3) is 0.417. The van der Waals surface area contributed by atoms with Crippen LogP contribution < -0.4 is 0 Å². The molecule has 1 aromatic carbocycles. The molecule has 0 bridgehead atoms. The van der Waals surface area contributed by atoms with Crippen LogP contribution in [0.5, 0.6) is 0 Å². The van der Waals surface area contributed by atoms with Crippen molar-refractivity contribution in [2.45, 2.75) is 19.8 Å². The number of carbonyl (C=O) groups is 1. The molecule has 98 valence electrons. The molecule has 0 spiro atoms. The van der Waals surface area contributed by atoms with Gasteiger partial charge in [0.05, 0.1) is 9.95 Å². The molecular formula is C12H13Cl2NO3. The Hall–Kier alpha value is -1.13. The summed E-state index contributed by atoms with van der Waals surface area (Å²) in [7, 11) is 0. The van der Waals surface area contributed by atoms with Crippen molar-refractivity contribution in [1.29, 1.82) is 0 Å². The van der Waals surface area contributed by atoms with Gasteiger partial charge >= 0.3 is 0 Å². The van der Waals surface area contributed by atoms with Crippen molar-refractivity contribution in [1.82, 2.24) is 0 Å². The molecule has 0 aromatic heterocycles. The number of benzene rings is 1. The largest absolute Gasteiger partial charge is 0.300 e. The molecule has 0 heterocycles. The smallest absolute Gasteiger partial charge is 0.270 e. The molecule has 0 radical (unpaired) electrons. The minimum Gasteiger partial charge on any atom is -0.300 e. The van der Waals surface area contributed by atoms with Crippen molar-refractivity contribution in [3.8, 4) is 0 Å². The minimum absolute atomic E-state index is 0.0464. The van der Waals surface area contributed by atoms with Gasteiger partial charge in [-0.05, 0) is 25.3 Å². The van der Waals surface area contributed by atoms with Crippen molar-refractivity contribution in [2.24, 2.45) is 5.92 Å². The molecule has 1 atom stereocenters. The van der Waals surface area contributed by atoms with Crippen LogP contribution >= 0.6 is 23.2 Å². The average molecular weight is 290 g/mol. The Labute approximate surface area is 115 Å². The van der Waals surface area contributed by atoms with Gasteiger partial charge in [-0.2, -0.15) is 0 Å². The molecule has 0 saturated heterocycles. The van der Waals surface area contributed by atoms with Gasteiger partial charge in [-0.15, -0.1) is 11.6 Å². The van der Waals surface area contributed by atoms with Gasteiger partial charge in [-0.3, -0.25) is 14.9 Å². The molecule has 18 heavy (non-hydrogen) atoms. The van der Waals surface area contributed by atoms with Gasteiger partial charge in [-0.1, -0.05) is 17.7 Å². The number of non-ortho nitro benzene ring substituents is 1. The zero-order chi connectivity index (χ0) is 13.7. The van der Waals surface area contributed by atoms with Gasteiger partial charge in [0.25, 0.3) is 5.69 Å². The lowest BCUT2D eigenvalue weighted by Crippen LogP contribution is -2.15. The van der Waals surface area contributed by atoms with Crippen LogP contribution in [-0.4, -0.2) is 16.6 Å². The van der Waals surface area contributed by atoms with Gasteiger partial charge in [-0.25, -0.2) is 0 Å². The Morgan fingerprint density at radius 2 is 2.17 bits per heavy atom. The first-order valence-corrected chi connectivity index (χ1v) is 6.36. The summed E-state index contributed by atoms with van der Waals surface area (Å²) in [4.78, 5) is 21.5. The highest BCUT2D eigenvalue weighted by molar-refractivity contribution is 6.31. The van der Waals surface area contributed by atoms with Gasteiger partial charge in [0.1, 0.15) is 5.78 Å². The zero-order valence-electron chi connectivity index (χ0n) is 9.86. The molecule has 0 N–H and O–H groups in total. The number of hydrogen-bond donors (Lipinski definition) is 0. The van der Waals surface area contributed by atoms with Crippen molar-refractivity contribution in [2.75, 3.05) is 5.88 Å². The topological polar surface area (TPSA) is 60.2 Å². The molecule has 1 rings (SSSR count). The standard InChI is InChI=1S/C12H13Cl2NO3/c1-8(16)9(4-5-13)6-10-2-3-11(15(17)18)7-12(10)14/h2-3,7,9H,4-6H2,1H3. The lowest BCUT2D eigenvalue weighted by Gasteiger charge is -2.13. The summed E-state index contributed by atoms with van der Waals surface area (Å²) in [5, 5.41) is 10.9. The summed E-state index contributed by atoms with van der Waals surface area (Å²) >= 11 is 11.6. The van der Waals surface area contributed by atoms with Crippen LogP contribution in [-0.2, 0) is 11.2 Å². The molecule has 0 amide bonds. The quantitative estimate of drug-likeness (QED) is 0.456. The number of ketones is 1. The van der Waals surface area contributed by atoms with E-state index in [9.17, 15) is 14.9 Å². The predicted octanol–water partition coefficient (Wildman–Crippen LogP) is 3.62. The molecule has 6 heteroatoms. The van der Waals surface area contributed by atoms with E-state index in [2.05, 4.69) is 0 Å². The summed E-state index contributed by atoms with van der Waals surface area (Å²) in [6, 6.07) is 4.28. The van der Waals surface area contributed by atoms with Crippen LogP contribution in [0.4, 0.5) is 5.69 Å². The second-order valence-corrected chi connectivity index (χ2v) is 4.81. The lowest BCUT2D eigenvalue weighted by atomic mass is 9.93. The summed E-state index contributed by atoms with van der Waals surface area (Å²) in [5.74, 6) is 0.251. The Balaban J connectivity index is 2.90. The van der Waals surface area contributed by atoms with Crippen LogP contribution in [0.1, 0.15) is 18.9 Å². The van der Waals surface area contributed by atoms with Gasteiger partial charge in [0, 0.05) is 23.9 Å². The molecule has 0 aliphatic heterocycles. The maximum atomic E-state index is 11.4. The fourth-order valence-electron chi connectivity index (χ4n) is 1.66. The number of alkyl halides is 1. The van der Waals surface area contributed by atoms with E-state index in [1.54, 1.807) is 6.07 Å². The van der Waals surface area contributed by atoms with Crippen molar-refractivity contribution in [3.05, 3.63) is 38.9 Å². The van der Waals surface area contributed by atoms with Crippen LogP contribution in [0.2, 0.25) is 5.02 Å². The summed E-state index contributed by atoms with van der Waals surface area (Å²) in [6.07, 6.45) is 1.03. The highest BCUT2D eigenvalue weighted by Crippen LogP contribution is 2.25. The first-order valence-electron chi connectivity index (χ1n) is 5.45. The molecule has 0 fully saturated rings. The van der Waals surface area contributed by atoms with Crippen LogP contribution in [0.15, 0.2) is 18.2 Å². The summed E-state index contributed by atoms with van der Waals surface area (Å²) in [5.41, 5.74) is 0.674. The van der Waals surface area contributed by atoms with Gasteiger partial charge in [0.15, 0.2) is 0 Å². The van der Waals surface area contributed by atoms with E-state index in [4.69, 9.17) is 23.2 Å². The number of nitro groups is 1. The van der Waals surface area contributed by atoms with E-state index in [-0.39, 0.29) is 17.4 Å². The fourth-order valence-corrected chi connectivity index (χ4v) is 2.18. The lowest BCUT2D eigenvalue weighted by molar-refractivity contribution is -0.384. The first-order chi connectivity index (χ1) is 8.45.